The minimum Gasteiger partial charge on any atom is -0.392 e. The summed E-state index contributed by atoms with van der Waals surface area (Å²) in [5, 5.41) is 14.4. The van der Waals surface area contributed by atoms with E-state index in [1.54, 1.807) is 0 Å². The molecule has 0 aliphatic heterocycles. The predicted molar refractivity (Wildman–Crippen MR) is 80.0 cm³/mol. The van der Waals surface area contributed by atoms with Gasteiger partial charge in [-0.05, 0) is 25.2 Å². The van der Waals surface area contributed by atoms with Crippen molar-refractivity contribution in [3.05, 3.63) is 11.7 Å². The van der Waals surface area contributed by atoms with Crippen LogP contribution in [0.3, 0.4) is 0 Å². The van der Waals surface area contributed by atoms with E-state index in [0.29, 0.717) is 18.3 Å². The molecule has 0 spiro atoms. The second kappa shape index (κ2) is 6.88. The molecule has 0 bridgehead atoms. The number of aromatic nitrogens is 2. The molecule has 1 fully saturated rings. The molecular weight excluding hydrogens is 268 g/mol. The Morgan fingerprint density at radius 3 is 2.67 bits per heavy atom. The van der Waals surface area contributed by atoms with Crippen LogP contribution in [-0.2, 0) is 4.74 Å². The molecule has 3 atom stereocenters. The lowest BCUT2D eigenvalue weighted by Gasteiger charge is -2.27. The minimum atomic E-state index is -0.374. The van der Waals surface area contributed by atoms with Gasteiger partial charge in [-0.1, -0.05) is 45.2 Å². The smallest absolute Gasteiger partial charge is 0.232 e. The van der Waals surface area contributed by atoms with Gasteiger partial charge in [0.2, 0.25) is 11.7 Å². The Balaban J connectivity index is 2.19. The number of nitrogens with zero attached hydrogens (tertiary/aromatic N) is 2. The molecule has 21 heavy (non-hydrogen) atoms. The van der Waals surface area contributed by atoms with Crippen LogP contribution in [0.25, 0.3) is 0 Å². The first-order chi connectivity index (χ1) is 9.93. The molecule has 1 aromatic rings. The van der Waals surface area contributed by atoms with E-state index < -0.39 is 0 Å². The van der Waals surface area contributed by atoms with E-state index in [1.165, 1.54) is 0 Å². The molecule has 2 rings (SSSR count). The van der Waals surface area contributed by atoms with Gasteiger partial charge in [0.1, 0.15) is 6.10 Å². The van der Waals surface area contributed by atoms with Crippen LogP contribution in [0.2, 0.25) is 0 Å². The number of aliphatic hydroxyl groups is 1. The van der Waals surface area contributed by atoms with E-state index >= 15 is 0 Å². The van der Waals surface area contributed by atoms with Crippen LogP contribution in [0, 0.1) is 5.41 Å². The molecule has 1 heterocycles. The van der Waals surface area contributed by atoms with Crippen LogP contribution in [0.4, 0.5) is 0 Å². The average molecular weight is 296 g/mol. The first kappa shape index (κ1) is 16.4. The lowest BCUT2D eigenvalue weighted by Crippen LogP contribution is -2.23. The fraction of sp³-hybridized carbons (Fsp3) is 0.875. The third kappa shape index (κ3) is 4.04. The molecule has 0 radical (unpaired) electrons. The Bertz CT molecular complexity index is 439. The van der Waals surface area contributed by atoms with Crippen LogP contribution in [0.5, 0.6) is 0 Å². The Labute approximate surface area is 127 Å². The second-order valence-electron chi connectivity index (χ2n) is 7.00. The Morgan fingerprint density at radius 2 is 2.00 bits per heavy atom. The molecule has 5 nitrogen and oxygen atoms in total. The zero-order valence-corrected chi connectivity index (χ0v) is 13.6. The highest BCUT2D eigenvalue weighted by Gasteiger charge is 2.34. The molecule has 1 N–H and O–H groups in total. The van der Waals surface area contributed by atoms with Crippen LogP contribution in [0.15, 0.2) is 4.52 Å². The van der Waals surface area contributed by atoms with E-state index in [1.807, 2.05) is 6.92 Å². The highest BCUT2D eigenvalue weighted by Crippen LogP contribution is 2.36. The molecule has 3 unspecified atom stereocenters. The largest absolute Gasteiger partial charge is 0.392 e. The number of hydrogen-bond donors (Lipinski definition) is 1. The van der Waals surface area contributed by atoms with Crippen LogP contribution < -0.4 is 0 Å². The minimum absolute atomic E-state index is 0.0315. The van der Waals surface area contributed by atoms with E-state index in [-0.39, 0.29) is 23.5 Å². The van der Waals surface area contributed by atoms with Crippen LogP contribution >= 0.6 is 0 Å². The molecular formula is C16H28N2O3. The van der Waals surface area contributed by atoms with E-state index in [4.69, 9.17) is 9.26 Å². The quantitative estimate of drug-likeness (QED) is 0.860. The third-order valence-corrected chi connectivity index (χ3v) is 4.11. The summed E-state index contributed by atoms with van der Waals surface area (Å²) in [6.07, 6.45) is 4.51. The van der Waals surface area contributed by atoms with Crippen molar-refractivity contribution < 1.29 is 14.4 Å². The fourth-order valence-corrected chi connectivity index (χ4v) is 2.96. The van der Waals surface area contributed by atoms with E-state index in [0.717, 1.165) is 32.1 Å². The molecule has 1 saturated carbocycles. The van der Waals surface area contributed by atoms with Gasteiger partial charge in [-0.3, -0.25) is 0 Å². The zero-order chi connectivity index (χ0) is 15.5. The molecule has 120 valence electrons. The molecule has 5 heteroatoms. The Kier molecular flexibility index (Phi) is 5.38. The van der Waals surface area contributed by atoms with Gasteiger partial charge in [0.25, 0.3) is 0 Å². The van der Waals surface area contributed by atoms with Crippen LogP contribution in [-0.4, -0.2) is 28.0 Å². The lowest BCUT2D eigenvalue weighted by atomic mass is 9.88. The van der Waals surface area contributed by atoms with Gasteiger partial charge in [-0.25, -0.2) is 0 Å². The number of hydrogen-bond acceptors (Lipinski definition) is 5. The van der Waals surface area contributed by atoms with Crippen molar-refractivity contribution in [2.24, 2.45) is 5.41 Å². The Morgan fingerprint density at radius 1 is 1.29 bits per heavy atom. The van der Waals surface area contributed by atoms with Crippen molar-refractivity contribution in [1.82, 2.24) is 10.1 Å². The Hall–Kier alpha value is -0.940. The van der Waals surface area contributed by atoms with E-state index in [9.17, 15) is 5.11 Å². The standard InChI is InChI=1S/C16H28N2O3/c1-5-20-13(16(2,3)4)14-17-15(21-18-14)11-9-7-6-8-10-12(11)19/h11-13,19H,5-10H2,1-4H3. The first-order valence-corrected chi connectivity index (χ1v) is 8.06. The maximum Gasteiger partial charge on any atom is 0.232 e. The highest BCUT2D eigenvalue weighted by atomic mass is 16.5. The van der Waals surface area contributed by atoms with Crippen molar-refractivity contribution in [1.29, 1.82) is 0 Å². The van der Waals surface area contributed by atoms with Gasteiger partial charge in [-0.2, -0.15) is 4.98 Å². The van der Waals surface area contributed by atoms with Gasteiger partial charge in [0.05, 0.1) is 12.0 Å². The van der Waals surface area contributed by atoms with E-state index in [2.05, 4.69) is 30.9 Å². The highest BCUT2D eigenvalue weighted by molar-refractivity contribution is 5.02. The summed E-state index contributed by atoms with van der Waals surface area (Å²) >= 11 is 0. The lowest BCUT2D eigenvalue weighted by molar-refractivity contribution is -0.0203. The normalized spacial score (nSPS) is 25.6. The summed E-state index contributed by atoms with van der Waals surface area (Å²) < 4.78 is 11.2. The van der Waals surface area contributed by atoms with Crippen molar-refractivity contribution in [2.75, 3.05) is 6.61 Å². The molecule has 1 aliphatic carbocycles. The van der Waals surface area contributed by atoms with Gasteiger partial charge < -0.3 is 14.4 Å². The average Bonchev–Trinajstić information content (AvgIpc) is 2.77. The van der Waals surface area contributed by atoms with Crippen molar-refractivity contribution in [3.8, 4) is 0 Å². The van der Waals surface area contributed by atoms with Crippen molar-refractivity contribution in [2.45, 2.75) is 77.9 Å². The summed E-state index contributed by atoms with van der Waals surface area (Å²) in [5.74, 6) is 1.13. The number of aliphatic hydroxyl groups excluding tert-OH is 1. The van der Waals surface area contributed by atoms with Gasteiger partial charge in [0.15, 0.2) is 0 Å². The second-order valence-corrected chi connectivity index (χ2v) is 7.00. The monoisotopic (exact) mass is 296 g/mol. The third-order valence-electron chi connectivity index (χ3n) is 4.11. The fourth-order valence-electron chi connectivity index (χ4n) is 2.96. The SMILES string of the molecule is CCOC(c1noc(C2CCCCCC2O)n1)C(C)(C)C. The molecule has 0 aromatic carbocycles. The van der Waals surface area contributed by atoms with Gasteiger partial charge >= 0.3 is 0 Å². The predicted octanol–water partition coefficient (Wildman–Crippen LogP) is 3.60. The van der Waals surface area contributed by atoms with Crippen molar-refractivity contribution in [3.63, 3.8) is 0 Å². The maximum atomic E-state index is 10.3. The maximum absolute atomic E-state index is 10.3. The molecule has 1 aromatic heterocycles. The molecule has 0 amide bonds. The van der Waals surface area contributed by atoms with Crippen LogP contribution in [0.1, 0.15) is 83.5 Å². The number of ether oxygens (including phenoxy) is 1. The molecule has 0 saturated heterocycles. The summed E-state index contributed by atoms with van der Waals surface area (Å²) in [5.41, 5.74) is -0.0980. The number of rotatable bonds is 4. The van der Waals surface area contributed by atoms with Gasteiger partial charge in [0, 0.05) is 6.61 Å². The topological polar surface area (TPSA) is 68.4 Å². The summed E-state index contributed by atoms with van der Waals surface area (Å²) in [6.45, 7) is 8.88. The summed E-state index contributed by atoms with van der Waals surface area (Å²) in [7, 11) is 0. The van der Waals surface area contributed by atoms with Crippen molar-refractivity contribution >= 4 is 0 Å². The zero-order valence-electron chi connectivity index (χ0n) is 13.6. The summed E-state index contributed by atoms with van der Waals surface area (Å²) in [4.78, 5) is 4.55. The first-order valence-electron chi connectivity index (χ1n) is 8.06. The summed E-state index contributed by atoms with van der Waals surface area (Å²) in [6, 6.07) is 0. The molecule has 1 aliphatic rings. The van der Waals surface area contributed by atoms with Gasteiger partial charge in [-0.15, -0.1) is 0 Å².